The quantitative estimate of drug-likeness (QED) is 0.473. The van der Waals surface area contributed by atoms with Crippen LogP contribution in [0.1, 0.15) is 79.1 Å². The highest BCUT2D eigenvalue weighted by atomic mass is 35.5. The minimum absolute atomic E-state index is 0. The molecule has 0 aromatic heterocycles. The maximum absolute atomic E-state index is 3.62. The van der Waals surface area contributed by atoms with Crippen LogP contribution in [0, 0.1) is 0 Å². The molecular weight excluding hydrogens is 280 g/mol. The van der Waals surface area contributed by atoms with Gasteiger partial charge in [-0.3, -0.25) is 0 Å². The first kappa shape index (κ1) is 21.2. The van der Waals surface area contributed by atoms with Crippen molar-refractivity contribution in [3.8, 4) is 0 Å². The molecule has 1 N–H and O–H groups in total. The van der Waals surface area contributed by atoms with Crippen molar-refractivity contribution in [1.82, 2.24) is 5.32 Å². The molecule has 21 heavy (non-hydrogen) atoms. The highest BCUT2D eigenvalue weighted by molar-refractivity contribution is 4.79. The molecule has 3 heteroatoms. The van der Waals surface area contributed by atoms with Gasteiger partial charge in [-0.1, -0.05) is 39.5 Å². The van der Waals surface area contributed by atoms with Gasteiger partial charge in [-0.05, 0) is 39.5 Å². The summed E-state index contributed by atoms with van der Waals surface area (Å²) in [6, 6.07) is 0. The van der Waals surface area contributed by atoms with Crippen molar-refractivity contribution in [2.45, 2.75) is 84.6 Å². The lowest BCUT2D eigenvalue weighted by Gasteiger charge is -2.53. The fourth-order valence-corrected chi connectivity index (χ4v) is 3.78. The average Bonchev–Trinajstić information content (AvgIpc) is 2.42. The van der Waals surface area contributed by atoms with E-state index in [0.29, 0.717) is 5.54 Å². The van der Waals surface area contributed by atoms with Crippen molar-refractivity contribution in [2.75, 3.05) is 32.7 Å². The number of halogens is 1. The number of hydrogen-bond acceptors (Lipinski definition) is 1. The Labute approximate surface area is 140 Å². The first-order chi connectivity index (χ1) is 9.58. The van der Waals surface area contributed by atoms with E-state index in [0.717, 1.165) is 0 Å². The Hall–Kier alpha value is 0.210. The summed E-state index contributed by atoms with van der Waals surface area (Å²) in [4.78, 5) is 0. The predicted molar refractivity (Wildman–Crippen MR) is 90.1 cm³/mol. The van der Waals surface area contributed by atoms with E-state index >= 15 is 0 Å². The molecule has 0 radical (unpaired) electrons. The van der Waals surface area contributed by atoms with Crippen molar-refractivity contribution in [1.29, 1.82) is 0 Å². The van der Waals surface area contributed by atoms with E-state index in [9.17, 15) is 0 Å². The largest absolute Gasteiger partial charge is 1.00 e. The van der Waals surface area contributed by atoms with Gasteiger partial charge in [0, 0.05) is 6.54 Å². The fourth-order valence-electron chi connectivity index (χ4n) is 3.78. The Bertz CT molecular complexity index is 242. The van der Waals surface area contributed by atoms with Gasteiger partial charge in [-0.2, -0.15) is 0 Å². The maximum Gasteiger partial charge on any atom is 0.106 e. The van der Waals surface area contributed by atoms with Gasteiger partial charge >= 0.3 is 0 Å². The van der Waals surface area contributed by atoms with Crippen molar-refractivity contribution in [3.63, 3.8) is 0 Å². The summed E-state index contributed by atoms with van der Waals surface area (Å²) in [5, 5.41) is 3.62. The molecule has 0 aromatic rings. The molecule has 0 atom stereocenters. The summed E-state index contributed by atoms with van der Waals surface area (Å²) >= 11 is 0. The first-order valence-corrected chi connectivity index (χ1v) is 9.15. The smallest absolute Gasteiger partial charge is 0.106 e. The SMILES string of the molecule is CCCCCC[N+]1(CCCCCC)CCNCC1(C)C.[Cl-]. The van der Waals surface area contributed by atoms with Crippen molar-refractivity contribution in [2.24, 2.45) is 0 Å². The third kappa shape index (κ3) is 6.46. The van der Waals surface area contributed by atoms with Gasteiger partial charge in [0.2, 0.25) is 0 Å². The van der Waals surface area contributed by atoms with Crippen LogP contribution < -0.4 is 17.7 Å². The number of nitrogens with zero attached hydrogens (tertiary/aromatic N) is 1. The Morgan fingerprint density at radius 3 is 1.81 bits per heavy atom. The third-order valence-electron chi connectivity index (χ3n) is 5.44. The Kier molecular flexibility index (Phi) is 11.0. The topological polar surface area (TPSA) is 12.0 Å². The maximum atomic E-state index is 3.62. The van der Waals surface area contributed by atoms with Crippen LogP contribution in [-0.4, -0.2) is 42.7 Å². The molecule has 0 amide bonds. The van der Waals surface area contributed by atoms with E-state index in [2.05, 4.69) is 33.0 Å². The van der Waals surface area contributed by atoms with Crippen LogP contribution in [0.5, 0.6) is 0 Å². The predicted octanol–water partition coefficient (Wildman–Crippen LogP) is 1.35. The molecule has 0 unspecified atom stereocenters. The number of piperazine rings is 1. The lowest BCUT2D eigenvalue weighted by Crippen LogP contribution is -3.00. The van der Waals surface area contributed by atoms with Gasteiger partial charge in [0.1, 0.15) is 5.54 Å². The minimum atomic E-state index is 0. The standard InChI is InChI=1S/C18H39N2.ClH/c1-5-7-9-11-14-20(15-12-10-8-6-2)16-13-19-17-18(20,3)4;/h19H,5-17H2,1-4H3;1H/q+1;/p-1. The number of hydrogen-bond donors (Lipinski definition) is 1. The number of quaternary nitrogens is 1. The molecule has 1 fully saturated rings. The lowest BCUT2D eigenvalue weighted by molar-refractivity contribution is -0.974. The second-order valence-corrected chi connectivity index (χ2v) is 7.43. The van der Waals surface area contributed by atoms with Crippen LogP contribution in [-0.2, 0) is 0 Å². The monoisotopic (exact) mass is 318 g/mol. The Balaban J connectivity index is 0.00000400. The molecule has 1 aliphatic rings. The molecule has 1 aliphatic heterocycles. The van der Waals surface area contributed by atoms with Crippen molar-refractivity contribution >= 4 is 0 Å². The summed E-state index contributed by atoms with van der Waals surface area (Å²) in [5.74, 6) is 0. The lowest BCUT2D eigenvalue weighted by atomic mass is 9.93. The van der Waals surface area contributed by atoms with E-state index in [1.54, 1.807) is 0 Å². The van der Waals surface area contributed by atoms with E-state index in [4.69, 9.17) is 0 Å². The third-order valence-corrected chi connectivity index (χ3v) is 5.44. The van der Waals surface area contributed by atoms with Gasteiger partial charge < -0.3 is 22.2 Å². The zero-order valence-corrected chi connectivity index (χ0v) is 15.8. The van der Waals surface area contributed by atoms with Crippen molar-refractivity contribution in [3.05, 3.63) is 0 Å². The molecule has 1 saturated heterocycles. The minimum Gasteiger partial charge on any atom is -1.00 e. The highest BCUT2D eigenvalue weighted by Gasteiger charge is 2.44. The molecular formula is C18H39ClN2. The van der Waals surface area contributed by atoms with Crippen LogP contribution in [0.4, 0.5) is 0 Å². The Morgan fingerprint density at radius 2 is 1.38 bits per heavy atom. The molecule has 2 nitrogen and oxygen atoms in total. The summed E-state index contributed by atoms with van der Waals surface area (Å²) < 4.78 is 1.37. The second kappa shape index (κ2) is 10.9. The van der Waals surface area contributed by atoms with Crippen LogP contribution in [0.25, 0.3) is 0 Å². The molecule has 0 aliphatic carbocycles. The average molecular weight is 319 g/mol. The van der Waals surface area contributed by atoms with E-state index in [1.807, 2.05) is 0 Å². The van der Waals surface area contributed by atoms with Crippen LogP contribution in [0.3, 0.4) is 0 Å². The second-order valence-electron chi connectivity index (χ2n) is 7.43. The van der Waals surface area contributed by atoms with Crippen LogP contribution in [0.2, 0.25) is 0 Å². The molecule has 0 aromatic carbocycles. The van der Waals surface area contributed by atoms with E-state index < -0.39 is 0 Å². The molecule has 0 saturated carbocycles. The highest BCUT2D eigenvalue weighted by Crippen LogP contribution is 2.29. The van der Waals surface area contributed by atoms with Gasteiger partial charge in [0.25, 0.3) is 0 Å². The van der Waals surface area contributed by atoms with Crippen LogP contribution in [0.15, 0.2) is 0 Å². The molecule has 128 valence electrons. The molecule has 0 spiro atoms. The van der Waals surface area contributed by atoms with Gasteiger partial charge in [-0.25, -0.2) is 0 Å². The number of nitrogens with one attached hydrogen (secondary N) is 1. The number of rotatable bonds is 10. The summed E-state index contributed by atoms with van der Waals surface area (Å²) in [6.07, 6.45) is 11.2. The molecule has 1 heterocycles. The first-order valence-electron chi connectivity index (χ1n) is 9.15. The summed E-state index contributed by atoms with van der Waals surface area (Å²) in [6.45, 7) is 16.1. The molecule has 0 bridgehead atoms. The van der Waals surface area contributed by atoms with Crippen molar-refractivity contribution < 1.29 is 16.9 Å². The molecule has 1 rings (SSSR count). The zero-order chi connectivity index (χ0) is 14.9. The normalized spacial score (nSPS) is 20.0. The zero-order valence-electron chi connectivity index (χ0n) is 15.0. The van der Waals surface area contributed by atoms with Gasteiger partial charge in [0.15, 0.2) is 0 Å². The Morgan fingerprint density at radius 1 is 0.857 bits per heavy atom. The van der Waals surface area contributed by atoms with Gasteiger partial charge in [0.05, 0.1) is 26.2 Å². The van der Waals surface area contributed by atoms with Crippen LogP contribution >= 0.6 is 0 Å². The van der Waals surface area contributed by atoms with E-state index in [1.165, 1.54) is 88.6 Å². The number of unbranched alkanes of at least 4 members (excludes halogenated alkanes) is 6. The fraction of sp³-hybridized carbons (Fsp3) is 1.00. The van der Waals surface area contributed by atoms with E-state index in [-0.39, 0.29) is 12.4 Å². The van der Waals surface area contributed by atoms with Gasteiger partial charge in [-0.15, -0.1) is 0 Å². The summed E-state index contributed by atoms with van der Waals surface area (Å²) in [5.41, 5.74) is 0.413. The summed E-state index contributed by atoms with van der Waals surface area (Å²) in [7, 11) is 0.